The molecule has 1 aliphatic carbocycles. The fraction of sp³-hybridized carbons (Fsp3) is 0.333. The molecule has 1 fully saturated rings. The molecule has 152 valence electrons. The van der Waals surface area contributed by atoms with Crippen molar-refractivity contribution in [2.75, 3.05) is 5.75 Å². The summed E-state index contributed by atoms with van der Waals surface area (Å²) in [7, 11) is -3.61. The van der Waals surface area contributed by atoms with Gasteiger partial charge in [-0.3, -0.25) is 0 Å². The molecule has 0 saturated heterocycles. The molecule has 29 heavy (non-hydrogen) atoms. The van der Waals surface area contributed by atoms with E-state index in [-0.39, 0.29) is 10.9 Å². The Morgan fingerprint density at radius 1 is 1.14 bits per heavy atom. The monoisotopic (exact) mass is 428 g/mol. The van der Waals surface area contributed by atoms with Gasteiger partial charge in [0.25, 0.3) is 0 Å². The number of nitrogens with zero attached hydrogens (tertiary/aromatic N) is 3. The summed E-state index contributed by atoms with van der Waals surface area (Å²) in [5.41, 5.74) is 1.98. The third-order valence-corrected chi connectivity index (χ3v) is 7.43. The highest BCUT2D eigenvalue weighted by molar-refractivity contribution is 7.99. The zero-order chi connectivity index (χ0) is 20.3. The first-order valence-corrected chi connectivity index (χ1v) is 12.2. The van der Waals surface area contributed by atoms with Crippen LogP contribution >= 0.6 is 11.8 Å². The van der Waals surface area contributed by atoms with Crippen molar-refractivity contribution in [1.82, 2.24) is 19.5 Å². The molecular formula is C21H24N4O2S2. The molecule has 8 heteroatoms. The van der Waals surface area contributed by atoms with E-state index in [2.05, 4.69) is 19.5 Å². The molecule has 1 aliphatic rings. The van der Waals surface area contributed by atoms with Crippen molar-refractivity contribution in [1.29, 1.82) is 0 Å². The van der Waals surface area contributed by atoms with Gasteiger partial charge in [0.05, 0.1) is 4.90 Å². The van der Waals surface area contributed by atoms with Crippen LogP contribution in [-0.2, 0) is 10.0 Å². The first kappa shape index (κ1) is 20.1. The molecule has 1 heterocycles. The standard InChI is InChI=1S/C21H24N4O2S2/c1-16-7-11-19(12-8-16)29(26,27)24-20(17-5-3-2-4-6-17)13-14-28-21-23-22-15-25(21)18-9-10-18/h2-8,11-12,15,18,20,24H,9-10,13-14H2,1H3. The maximum absolute atomic E-state index is 12.9. The number of aromatic nitrogens is 3. The van der Waals surface area contributed by atoms with Gasteiger partial charge >= 0.3 is 0 Å². The highest BCUT2D eigenvalue weighted by Crippen LogP contribution is 2.37. The van der Waals surface area contributed by atoms with Gasteiger partial charge in [-0.15, -0.1) is 10.2 Å². The fourth-order valence-electron chi connectivity index (χ4n) is 3.16. The summed E-state index contributed by atoms with van der Waals surface area (Å²) >= 11 is 1.62. The van der Waals surface area contributed by atoms with Crippen molar-refractivity contribution in [3.05, 3.63) is 72.1 Å². The summed E-state index contributed by atoms with van der Waals surface area (Å²) in [4.78, 5) is 0.283. The molecule has 0 aliphatic heterocycles. The van der Waals surface area contributed by atoms with Gasteiger partial charge in [0.1, 0.15) is 6.33 Å². The Balaban J connectivity index is 1.48. The molecule has 1 atom stereocenters. The van der Waals surface area contributed by atoms with E-state index in [1.54, 1.807) is 30.2 Å². The summed E-state index contributed by atoms with van der Waals surface area (Å²) in [6.07, 6.45) is 4.79. The Bertz CT molecular complexity index is 1050. The fourth-order valence-corrected chi connectivity index (χ4v) is 5.40. The second-order valence-electron chi connectivity index (χ2n) is 7.29. The highest BCUT2D eigenvalue weighted by Gasteiger charge is 2.26. The molecule has 6 nitrogen and oxygen atoms in total. The van der Waals surface area contributed by atoms with E-state index in [0.717, 1.165) is 22.0 Å². The first-order valence-electron chi connectivity index (χ1n) is 9.69. The van der Waals surface area contributed by atoms with Crippen LogP contribution in [0.4, 0.5) is 0 Å². The normalized spacial score (nSPS) is 15.3. The van der Waals surface area contributed by atoms with E-state index >= 15 is 0 Å². The summed E-state index contributed by atoms with van der Waals surface area (Å²) in [6, 6.07) is 16.8. The van der Waals surface area contributed by atoms with Gasteiger partial charge in [-0.05, 0) is 43.9 Å². The predicted octanol–water partition coefficient (Wildman–Crippen LogP) is 4.12. The number of hydrogen-bond acceptors (Lipinski definition) is 5. The lowest BCUT2D eigenvalue weighted by Gasteiger charge is -2.19. The largest absolute Gasteiger partial charge is 0.306 e. The first-order chi connectivity index (χ1) is 14.0. The van der Waals surface area contributed by atoms with E-state index < -0.39 is 10.0 Å². The third-order valence-electron chi connectivity index (χ3n) is 4.95. The zero-order valence-corrected chi connectivity index (χ0v) is 17.9. The average Bonchev–Trinajstić information content (AvgIpc) is 3.46. The van der Waals surface area contributed by atoms with Crippen molar-refractivity contribution < 1.29 is 8.42 Å². The van der Waals surface area contributed by atoms with Crippen molar-refractivity contribution in [2.45, 2.75) is 48.3 Å². The minimum absolute atomic E-state index is 0.283. The number of benzene rings is 2. The number of nitrogens with one attached hydrogen (secondary N) is 1. The Kier molecular flexibility index (Phi) is 6.03. The van der Waals surface area contributed by atoms with E-state index in [9.17, 15) is 8.42 Å². The average molecular weight is 429 g/mol. The maximum atomic E-state index is 12.9. The molecule has 0 spiro atoms. The number of hydrogen-bond donors (Lipinski definition) is 1. The van der Waals surface area contributed by atoms with Crippen LogP contribution in [0, 0.1) is 6.92 Å². The van der Waals surface area contributed by atoms with Gasteiger partial charge < -0.3 is 4.57 Å². The topological polar surface area (TPSA) is 76.9 Å². The van der Waals surface area contributed by atoms with Crippen molar-refractivity contribution >= 4 is 21.8 Å². The van der Waals surface area contributed by atoms with Crippen LogP contribution in [0.15, 0.2) is 71.0 Å². The molecule has 4 rings (SSSR count). The Morgan fingerprint density at radius 3 is 2.55 bits per heavy atom. The van der Waals surface area contributed by atoms with Crippen LogP contribution in [0.5, 0.6) is 0 Å². The zero-order valence-electron chi connectivity index (χ0n) is 16.2. The van der Waals surface area contributed by atoms with Crippen LogP contribution in [0.3, 0.4) is 0 Å². The van der Waals surface area contributed by atoms with E-state index in [0.29, 0.717) is 12.5 Å². The molecule has 1 unspecified atom stereocenters. The number of aryl methyl sites for hydroxylation is 1. The van der Waals surface area contributed by atoms with Gasteiger partial charge in [-0.25, -0.2) is 13.1 Å². The number of sulfonamides is 1. The molecule has 0 radical (unpaired) electrons. The second-order valence-corrected chi connectivity index (χ2v) is 10.1. The van der Waals surface area contributed by atoms with Crippen molar-refractivity contribution in [3.63, 3.8) is 0 Å². The van der Waals surface area contributed by atoms with E-state index in [1.165, 1.54) is 12.8 Å². The summed E-state index contributed by atoms with van der Waals surface area (Å²) in [5, 5.41) is 9.14. The molecule has 0 bridgehead atoms. The summed E-state index contributed by atoms with van der Waals surface area (Å²) in [5.74, 6) is 0.737. The van der Waals surface area contributed by atoms with Crippen LogP contribution < -0.4 is 4.72 Å². The van der Waals surface area contributed by atoms with Gasteiger partial charge in [0, 0.05) is 17.8 Å². The van der Waals surface area contributed by atoms with Gasteiger partial charge in [-0.1, -0.05) is 59.8 Å². The number of thioether (sulfide) groups is 1. The van der Waals surface area contributed by atoms with Crippen LogP contribution in [0.2, 0.25) is 0 Å². The van der Waals surface area contributed by atoms with Crippen LogP contribution in [0.1, 0.15) is 42.5 Å². The molecular weight excluding hydrogens is 404 g/mol. The lowest BCUT2D eigenvalue weighted by Crippen LogP contribution is -2.29. The minimum atomic E-state index is -3.61. The van der Waals surface area contributed by atoms with Crippen LogP contribution in [-0.4, -0.2) is 28.9 Å². The number of rotatable bonds is 9. The Morgan fingerprint density at radius 2 is 1.86 bits per heavy atom. The maximum Gasteiger partial charge on any atom is 0.241 e. The van der Waals surface area contributed by atoms with E-state index in [4.69, 9.17) is 0 Å². The lowest BCUT2D eigenvalue weighted by molar-refractivity contribution is 0.551. The second kappa shape index (κ2) is 8.69. The van der Waals surface area contributed by atoms with Gasteiger partial charge in [0.15, 0.2) is 5.16 Å². The van der Waals surface area contributed by atoms with Crippen LogP contribution in [0.25, 0.3) is 0 Å². The van der Waals surface area contributed by atoms with Gasteiger partial charge in [-0.2, -0.15) is 0 Å². The molecule has 1 N–H and O–H groups in total. The smallest absolute Gasteiger partial charge is 0.241 e. The molecule has 1 saturated carbocycles. The quantitative estimate of drug-likeness (QED) is 0.519. The molecule has 0 amide bonds. The molecule has 2 aromatic carbocycles. The third kappa shape index (κ3) is 5.07. The molecule has 3 aromatic rings. The Labute approximate surface area is 175 Å². The summed E-state index contributed by atoms with van der Waals surface area (Å²) in [6.45, 7) is 1.94. The summed E-state index contributed by atoms with van der Waals surface area (Å²) < 4.78 is 30.9. The van der Waals surface area contributed by atoms with Gasteiger partial charge in [0.2, 0.25) is 10.0 Å². The van der Waals surface area contributed by atoms with Crippen molar-refractivity contribution in [3.8, 4) is 0 Å². The Hall–Kier alpha value is -2.16. The van der Waals surface area contributed by atoms with Crippen molar-refractivity contribution in [2.24, 2.45) is 0 Å². The van der Waals surface area contributed by atoms with E-state index in [1.807, 2.05) is 49.4 Å². The SMILES string of the molecule is Cc1ccc(S(=O)(=O)NC(CCSc2nncn2C2CC2)c2ccccc2)cc1. The highest BCUT2D eigenvalue weighted by atomic mass is 32.2. The predicted molar refractivity (Wildman–Crippen MR) is 114 cm³/mol. The minimum Gasteiger partial charge on any atom is -0.306 e. The molecule has 1 aromatic heterocycles. The lowest BCUT2D eigenvalue weighted by atomic mass is 10.1.